The minimum absolute atomic E-state index is 0.277. The van der Waals surface area contributed by atoms with Crippen LogP contribution in [0, 0.1) is 0 Å². The van der Waals surface area contributed by atoms with E-state index in [-0.39, 0.29) is 5.54 Å². The van der Waals surface area contributed by atoms with Crippen LogP contribution in [0.1, 0.15) is 45.1 Å². The molecule has 5 heteroatoms. The van der Waals surface area contributed by atoms with Crippen LogP contribution >= 0.6 is 0 Å². The molecule has 4 nitrogen and oxygen atoms in total. The summed E-state index contributed by atoms with van der Waals surface area (Å²) in [5.41, 5.74) is 0.819. The quantitative estimate of drug-likeness (QED) is 0.847. The molecule has 1 aromatic carbocycles. The Balaban J connectivity index is 2.09. The molecule has 0 unspecified atom stereocenters. The Labute approximate surface area is 122 Å². The zero-order valence-corrected chi connectivity index (χ0v) is 13.1. The molecule has 112 valence electrons. The zero-order valence-electron chi connectivity index (χ0n) is 12.3. The van der Waals surface area contributed by atoms with Gasteiger partial charge in [0.05, 0.1) is 4.90 Å². The van der Waals surface area contributed by atoms with Crippen LogP contribution in [0.5, 0.6) is 0 Å². The van der Waals surface area contributed by atoms with Gasteiger partial charge in [-0.15, -0.1) is 0 Å². The molecule has 1 aliphatic rings. The lowest BCUT2D eigenvalue weighted by atomic mass is 10.0. The third-order valence-corrected chi connectivity index (χ3v) is 5.55. The van der Waals surface area contributed by atoms with Gasteiger partial charge < -0.3 is 5.32 Å². The molecule has 0 amide bonds. The molecule has 0 aliphatic heterocycles. The molecule has 0 bridgehead atoms. The number of hydrogen-bond acceptors (Lipinski definition) is 3. The van der Waals surface area contributed by atoms with Crippen molar-refractivity contribution in [3.05, 3.63) is 29.8 Å². The topological polar surface area (TPSA) is 58.2 Å². The maximum atomic E-state index is 12.4. The van der Waals surface area contributed by atoms with E-state index in [1.807, 2.05) is 26.0 Å². The third kappa shape index (κ3) is 3.81. The molecular formula is C15H24N2O2S. The van der Waals surface area contributed by atoms with Crippen LogP contribution in [-0.2, 0) is 16.6 Å². The first-order valence-corrected chi connectivity index (χ1v) is 8.77. The van der Waals surface area contributed by atoms with E-state index in [1.54, 1.807) is 12.1 Å². The van der Waals surface area contributed by atoms with Crippen molar-refractivity contribution in [2.75, 3.05) is 6.54 Å². The van der Waals surface area contributed by atoms with Gasteiger partial charge in [0.2, 0.25) is 10.0 Å². The highest BCUT2D eigenvalue weighted by Crippen LogP contribution is 2.30. The molecule has 0 radical (unpaired) electrons. The van der Waals surface area contributed by atoms with Crippen molar-refractivity contribution in [1.29, 1.82) is 0 Å². The van der Waals surface area contributed by atoms with Gasteiger partial charge in [-0.2, -0.15) is 0 Å². The Morgan fingerprint density at radius 3 is 2.30 bits per heavy atom. The van der Waals surface area contributed by atoms with Crippen LogP contribution < -0.4 is 10.0 Å². The Morgan fingerprint density at radius 1 is 1.15 bits per heavy atom. The lowest BCUT2D eigenvalue weighted by Crippen LogP contribution is -2.43. The molecule has 0 spiro atoms. The smallest absolute Gasteiger partial charge is 0.241 e. The van der Waals surface area contributed by atoms with Crippen molar-refractivity contribution < 1.29 is 8.42 Å². The molecule has 1 saturated carbocycles. The normalized spacial score (nSPS) is 18.3. The SMILES string of the molecule is CCNCc1ccc(S(=O)(=O)NC2(C)CCCC2)cc1. The highest BCUT2D eigenvalue weighted by atomic mass is 32.2. The van der Waals surface area contributed by atoms with Gasteiger partial charge in [0.25, 0.3) is 0 Å². The number of benzene rings is 1. The monoisotopic (exact) mass is 296 g/mol. The largest absolute Gasteiger partial charge is 0.313 e. The minimum Gasteiger partial charge on any atom is -0.313 e. The van der Waals surface area contributed by atoms with Crippen molar-refractivity contribution in [3.8, 4) is 0 Å². The fourth-order valence-corrected chi connectivity index (χ4v) is 4.16. The predicted octanol–water partition coefficient (Wildman–Crippen LogP) is 2.41. The highest BCUT2D eigenvalue weighted by Gasteiger charge is 2.33. The van der Waals surface area contributed by atoms with Crippen LogP contribution in [0.15, 0.2) is 29.2 Å². The van der Waals surface area contributed by atoms with Gasteiger partial charge in [-0.05, 0) is 44.0 Å². The van der Waals surface area contributed by atoms with Gasteiger partial charge >= 0.3 is 0 Å². The Morgan fingerprint density at radius 2 is 1.75 bits per heavy atom. The molecule has 0 heterocycles. The summed E-state index contributed by atoms with van der Waals surface area (Å²) in [6.45, 7) is 5.71. The van der Waals surface area contributed by atoms with Crippen molar-refractivity contribution >= 4 is 10.0 Å². The van der Waals surface area contributed by atoms with Crippen LogP contribution in [0.2, 0.25) is 0 Å². The molecule has 2 rings (SSSR count). The molecule has 1 aromatic rings. The van der Waals surface area contributed by atoms with Crippen molar-refractivity contribution in [2.45, 2.75) is 56.5 Å². The van der Waals surface area contributed by atoms with Crippen molar-refractivity contribution in [2.24, 2.45) is 0 Å². The van der Waals surface area contributed by atoms with E-state index in [2.05, 4.69) is 10.0 Å². The molecule has 0 atom stereocenters. The van der Waals surface area contributed by atoms with Crippen molar-refractivity contribution in [1.82, 2.24) is 10.0 Å². The molecule has 2 N–H and O–H groups in total. The average Bonchev–Trinajstić information content (AvgIpc) is 2.82. The first kappa shape index (κ1) is 15.5. The van der Waals surface area contributed by atoms with E-state index in [4.69, 9.17) is 0 Å². The van der Waals surface area contributed by atoms with Gasteiger partial charge in [-0.25, -0.2) is 13.1 Å². The van der Waals surface area contributed by atoms with Gasteiger partial charge in [-0.1, -0.05) is 31.9 Å². The predicted molar refractivity (Wildman–Crippen MR) is 81.0 cm³/mol. The standard InChI is InChI=1S/C15H24N2O2S/c1-3-16-12-13-6-8-14(9-7-13)20(18,19)17-15(2)10-4-5-11-15/h6-9,16-17H,3-5,10-12H2,1-2H3. The van der Waals surface area contributed by atoms with Gasteiger partial charge in [0.1, 0.15) is 0 Å². The van der Waals surface area contributed by atoms with Gasteiger partial charge in [0.15, 0.2) is 0 Å². The third-order valence-electron chi connectivity index (χ3n) is 3.90. The Kier molecular flexibility index (Phi) is 4.83. The Hall–Kier alpha value is -0.910. The summed E-state index contributed by atoms with van der Waals surface area (Å²) >= 11 is 0. The van der Waals surface area contributed by atoms with Crippen LogP contribution in [0.25, 0.3) is 0 Å². The van der Waals surface area contributed by atoms with Gasteiger partial charge in [0, 0.05) is 12.1 Å². The molecule has 0 aromatic heterocycles. The molecular weight excluding hydrogens is 272 g/mol. The van der Waals surface area contributed by atoms with Crippen molar-refractivity contribution in [3.63, 3.8) is 0 Å². The molecule has 0 saturated heterocycles. The lowest BCUT2D eigenvalue weighted by molar-refractivity contribution is 0.427. The van der Waals surface area contributed by atoms with Crippen LogP contribution in [0.4, 0.5) is 0 Å². The maximum Gasteiger partial charge on any atom is 0.241 e. The first-order valence-electron chi connectivity index (χ1n) is 7.29. The second kappa shape index (κ2) is 6.24. The zero-order chi connectivity index (χ0) is 14.6. The van der Waals surface area contributed by atoms with E-state index in [0.29, 0.717) is 4.90 Å². The summed E-state index contributed by atoms with van der Waals surface area (Å²) in [5, 5.41) is 3.22. The highest BCUT2D eigenvalue weighted by molar-refractivity contribution is 7.89. The lowest BCUT2D eigenvalue weighted by Gasteiger charge is -2.24. The summed E-state index contributed by atoms with van der Waals surface area (Å²) in [6, 6.07) is 7.11. The van der Waals surface area contributed by atoms with E-state index >= 15 is 0 Å². The van der Waals surface area contributed by atoms with E-state index < -0.39 is 10.0 Å². The summed E-state index contributed by atoms with van der Waals surface area (Å²) in [6.07, 6.45) is 4.04. The first-order chi connectivity index (χ1) is 9.45. The summed E-state index contributed by atoms with van der Waals surface area (Å²) in [4.78, 5) is 0.353. The summed E-state index contributed by atoms with van der Waals surface area (Å²) < 4.78 is 27.7. The molecule has 1 aliphatic carbocycles. The number of rotatable bonds is 6. The molecule has 1 fully saturated rings. The fraction of sp³-hybridized carbons (Fsp3) is 0.600. The summed E-state index contributed by atoms with van der Waals surface area (Å²) in [7, 11) is -3.41. The van der Waals surface area contributed by atoms with Crippen LogP contribution in [-0.4, -0.2) is 20.5 Å². The number of nitrogens with one attached hydrogen (secondary N) is 2. The second-order valence-electron chi connectivity index (χ2n) is 5.80. The van der Waals surface area contributed by atoms with E-state index in [9.17, 15) is 8.42 Å². The van der Waals surface area contributed by atoms with Gasteiger partial charge in [-0.3, -0.25) is 0 Å². The summed E-state index contributed by atoms with van der Waals surface area (Å²) in [5.74, 6) is 0. The molecule has 20 heavy (non-hydrogen) atoms. The minimum atomic E-state index is -3.41. The maximum absolute atomic E-state index is 12.4. The number of sulfonamides is 1. The second-order valence-corrected chi connectivity index (χ2v) is 7.48. The van der Waals surface area contributed by atoms with Crippen LogP contribution in [0.3, 0.4) is 0 Å². The Bertz CT molecular complexity index is 531. The van der Waals surface area contributed by atoms with E-state index in [1.165, 1.54) is 0 Å². The average molecular weight is 296 g/mol. The number of hydrogen-bond donors (Lipinski definition) is 2. The van der Waals surface area contributed by atoms with E-state index in [0.717, 1.165) is 44.3 Å². The fourth-order valence-electron chi connectivity index (χ4n) is 2.70.